The minimum absolute atomic E-state index is 0.135. The lowest BCUT2D eigenvalue weighted by Gasteiger charge is -2.26. The summed E-state index contributed by atoms with van der Waals surface area (Å²) in [4.78, 5) is 19.4. The minimum Gasteiger partial charge on any atom is -0.370 e. The van der Waals surface area contributed by atoms with Gasteiger partial charge in [-0.25, -0.2) is 8.42 Å². The van der Waals surface area contributed by atoms with Gasteiger partial charge in [0.2, 0.25) is 21.8 Å². The van der Waals surface area contributed by atoms with E-state index < -0.39 is 10.0 Å². The largest absolute Gasteiger partial charge is 0.370 e. The van der Waals surface area contributed by atoms with Gasteiger partial charge in [-0.3, -0.25) is 4.79 Å². The molecule has 0 saturated heterocycles. The number of hydrogen-bond donors (Lipinski definition) is 1. The lowest BCUT2D eigenvalue weighted by Crippen LogP contribution is -2.31. The molecule has 1 aromatic heterocycles. The number of hydrogen-bond acceptors (Lipinski definition) is 7. The van der Waals surface area contributed by atoms with Gasteiger partial charge in [0, 0.05) is 44.4 Å². The first-order valence-electron chi connectivity index (χ1n) is 11.5. The molecule has 184 valence electrons. The average molecular weight is 480 g/mol. The first-order chi connectivity index (χ1) is 15.5. The van der Waals surface area contributed by atoms with Crippen molar-refractivity contribution in [3.05, 3.63) is 29.9 Å². The van der Waals surface area contributed by atoms with Gasteiger partial charge in [-0.05, 0) is 32.0 Å². The number of carbonyl (C=O) groups is 1. The lowest BCUT2D eigenvalue weighted by atomic mass is 9.96. The van der Waals surface area contributed by atoms with Crippen LogP contribution in [0.15, 0.2) is 27.6 Å². The van der Waals surface area contributed by atoms with Gasteiger partial charge in [0.1, 0.15) is 0 Å². The zero-order valence-electron chi connectivity index (χ0n) is 20.8. The Morgan fingerprint density at radius 1 is 1.06 bits per heavy atom. The van der Waals surface area contributed by atoms with Crippen molar-refractivity contribution in [2.24, 2.45) is 0 Å². The predicted molar refractivity (Wildman–Crippen MR) is 130 cm³/mol. The van der Waals surface area contributed by atoms with Crippen LogP contribution in [0.4, 0.5) is 11.4 Å². The number of benzene rings is 1. The molecule has 1 aromatic carbocycles. The van der Waals surface area contributed by atoms with Gasteiger partial charge in [0.05, 0.1) is 16.3 Å². The summed E-state index contributed by atoms with van der Waals surface area (Å²) in [5, 5.41) is 6.89. The second-order valence-electron chi connectivity index (χ2n) is 8.75. The summed E-state index contributed by atoms with van der Waals surface area (Å²) in [5.41, 5.74) is 1.01. The minimum atomic E-state index is -3.65. The van der Waals surface area contributed by atoms with E-state index in [0.29, 0.717) is 36.9 Å². The summed E-state index contributed by atoms with van der Waals surface area (Å²) >= 11 is 0. The summed E-state index contributed by atoms with van der Waals surface area (Å²) in [6, 6.07) is 4.90. The number of sulfonamides is 1. The van der Waals surface area contributed by atoms with E-state index in [1.54, 1.807) is 32.0 Å². The quantitative estimate of drug-likeness (QED) is 0.522. The number of anilines is 2. The standard InChI is InChI=1S/C23H37N5O4S/c1-8-27(9-2)19-13-12-17(33(30,31)28(10-3)11-4)16-18(19)24-20(29)14-15-21-25-22(26-32-21)23(5,6)7/h12-13,16H,8-11,14-15H2,1-7H3,(H,24,29). The first kappa shape index (κ1) is 26.8. The highest BCUT2D eigenvalue weighted by Crippen LogP contribution is 2.30. The molecule has 1 N–H and O–H groups in total. The third-order valence-corrected chi connectivity index (χ3v) is 7.44. The van der Waals surface area contributed by atoms with Gasteiger partial charge in [0.25, 0.3) is 0 Å². The molecule has 33 heavy (non-hydrogen) atoms. The van der Waals surface area contributed by atoms with E-state index in [-0.39, 0.29) is 22.6 Å². The molecule has 0 radical (unpaired) electrons. The summed E-state index contributed by atoms with van der Waals surface area (Å²) in [5.74, 6) is 0.740. The second kappa shape index (κ2) is 11.1. The molecule has 0 spiro atoms. The van der Waals surface area contributed by atoms with E-state index >= 15 is 0 Å². The number of aryl methyl sites for hydroxylation is 1. The monoisotopic (exact) mass is 479 g/mol. The lowest BCUT2D eigenvalue weighted by molar-refractivity contribution is -0.116. The molecule has 2 aromatic rings. The molecule has 0 saturated carbocycles. The van der Waals surface area contributed by atoms with E-state index in [0.717, 1.165) is 18.8 Å². The van der Waals surface area contributed by atoms with Gasteiger partial charge in [0.15, 0.2) is 5.82 Å². The number of aromatic nitrogens is 2. The Morgan fingerprint density at radius 3 is 2.21 bits per heavy atom. The average Bonchev–Trinajstić information content (AvgIpc) is 3.24. The number of carbonyl (C=O) groups excluding carboxylic acids is 1. The molecule has 1 heterocycles. The number of rotatable bonds is 11. The van der Waals surface area contributed by atoms with Crippen molar-refractivity contribution in [2.45, 2.75) is 71.6 Å². The summed E-state index contributed by atoms with van der Waals surface area (Å²) in [7, 11) is -3.65. The van der Waals surface area contributed by atoms with Crippen LogP contribution in [-0.2, 0) is 26.7 Å². The SMILES string of the molecule is CCN(CC)c1ccc(S(=O)(=O)N(CC)CC)cc1NC(=O)CCc1nc(C(C)(C)C)no1. The highest BCUT2D eigenvalue weighted by atomic mass is 32.2. The van der Waals surface area contributed by atoms with Crippen LogP contribution in [0.1, 0.15) is 66.6 Å². The maximum Gasteiger partial charge on any atom is 0.243 e. The third-order valence-electron chi connectivity index (χ3n) is 5.39. The van der Waals surface area contributed by atoms with E-state index in [1.165, 1.54) is 4.31 Å². The van der Waals surface area contributed by atoms with Gasteiger partial charge < -0.3 is 14.7 Å². The van der Waals surface area contributed by atoms with Crippen molar-refractivity contribution in [1.29, 1.82) is 0 Å². The first-order valence-corrected chi connectivity index (χ1v) is 12.9. The Labute approximate surface area is 197 Å². The molecule has 0 aliphatic carbocycles. The van der Waals surface area contributed by atoms with Crippen molar-refractivity contribution in [3.8, 4) is 0 Å². The Hall–Kier alpha value is -2.46. The molecule has 0 aliphatic rings. The van der Waals surface area contributed by atoms with Crippen LogP contribution in [0.3, 0.4) is 0 Å². The van der Waals surface area contributed by atoms with Crippen LogP contribution < -0.4 is 10.2 Å². The van der Waals surface area contributed by atoms with Crippen molar-refractivity contribution >= 4 is 27.3 Å². The topological polar surface area (TPSA) is 109 Å². The fourth-order valence-electron chi connectivity index (χ4n) is 3.42. The molecule has 2 rings (SSSR count). The van der Waals surface area contributed by atoms with Gasteiger partial charge in [-0.2, -0.15) is 9.29 Å². The van der Waals surface area contributed by atoms with Gasteiger partial charge in [-0.15, -0.1) is 0 Å². The van der Waals surface area contributed by atoms with Gasteiger partial charge in [-0.1, -0.05) is 39.8 Å². The van der Waals surface area contributed by atoms with Crippen LogP contribution >= 0.6 is 0 Å². The van der Waals surface area contributed by atoms with Crippen LogP contribution in [0.25, 0.3) is 0 Å². The molecular formula is C23H37N5O4S. The molecular weight excluding hydrogens is 442 g/mol. The Morgan fingerprint density at radius 2 is 1.70 bits per heavy atom. The second-order valence-corrected chi connectivity index (χ2v) is 10.7. The molecule has 0 bridgehead atoms. The highest BCUT2D eigenvalue weighted by Gasteiger charge is 2.24. The number of nitrogens with one attached hydrogen (secondary N) is 1. The van der Waals surface area contributed by atoms with E-state index in [9.17, 15) is 13.2 Å². The van der Waals surface area contributed by atoms with Gasteiger partial charge >= 0.3 is 0 Å². The molecule has 9 nitrogen and oxygen atoms in total. The Balaban J connectivity index is 2.28. The molecule has 0 aliphatic heterocycles. The van der Waals surface area contributed by atoms with Crippen molar-refractivity contribution in [3.63, 3.8) is 0 Å². The summed E-state index contributed by atoms with van der Waals surface area (Å²) in [6.07, 6.45) is 0.434. The van der Waals surface area contributed by atoms with Crippen molar-refractivity contribution in [1.82, 2.24) is 14.4 Å². The highest BCUT2D eigenvalue weighted by molar-refractivity contribution is 7.89. The third kappa shape index (κ3) is 6.54. The molecule has 0 atom stereocenters. The van der Waals surface area contributed by atoms with Crippen LogP contribution in [-0.4, -0.2) is 54.9 Å². The Bertz CT molecular complexity index is 1040. The zero-order valence-corrected chi connectivity index (χ0v) is 21.6. The fourth-order valence-corrected chi connectivity index (χ4v) is 4.91. The number of nitrogens with zero attached hydrogens (tertiary/aromatic N) is 4. The van der Waals surface area contributed by atoms with E-state index in [2.05, 4.69) is 20.4 Å². The molecule has 0 unspecified atom stereocenters. The van der Waals surface area contributed by atoms with Crippen LogP contribution in [0.5, 0.6) is 0 Å². The predicted octanol–water partition coefficient (Wildman–Crippen LogP) is 3.82. The summed E-state index contributed by atoms with van der Waals surface area (Å²) in [6.45, 7) is 15.8. The van der Waals surface area contributed by atoms with E-state index in [4.69, 9.17) is 4.52 Å². The Kier molecular flexibility index (Phi) is 9.02. The molecule has 0 fully saturated rings. The van der Waals surface area contributed by atoms with Crippen molar-refractivity contribution in [2.75, 3.05) is 36.4 Å². The maximum atomic E-state index is 13.0. The van der Waals surface area contributed by atoms with Crippen LogP contribution in [0.2, 0.25) is 0 Å². The zero-order chi connectivity index (χ0) is 24.8. The normalized spacial score (nSPS) is 12.2. The smallest absolute Gasteiger partial charge is 0.243 e. The van der Waals surface area contributed by atoms with E-state index in [1.807, 2.05) is 34.6 Å². The molecule has 1 amide bonds. The number of amides is 1. The van der Waals surface area contributed by atoms with Crippen LogP contribution in [0, 0.1) is 0 Å². The van der Waals surface area contributed by atoms with Crippen molar-refractivity contribution < 1.29 is 17.7 Å². The fraction of sp³-hybridized carbons (Fsp3) is 0.609. The molecule has 10 heteroatoms. The summed E-state index contributed by atoms with van der Waals surface area (Å²) < 4.78 is 32.7. The maximum absolute atomic E-state index is 13.0.